The lowest BCUT2D eigenvalue weighted by atomic mass is 10.2. The number of methoxy groups -OCH3 is 1. The molecule has 20 heavy (non-hydrogen) atoms. The number of carbonyl (C=O) groups excluding carboxylic acids is 1. The number of para-hydroxylation sites is 1. The number of carbonyl (C=O) groups is 1. The van der Waals surface area contributed by atoms with Gasteiger partial charge in [-0.15, -0.1) is 0 Å². The highest BCUT2D eigenvalue weighted by Gasteiger charge is 2.01. The first-order chi connectivity index (χ1) is 9.69. The first-order valence-electron chi connectivity index (χ1n) is 6.12. The van der Waals surface area contributed by atoms with Gasteiger partial charge < -0.3 is 9.47 Å². The fourth-order valence-corrected chi connectivity index (χ4v) is 1.61. The van der Waals surface area contributed by atoms with Crippen molar-refractivity contribution in [3.8, 4) is 23.3 Å². The summed E-state index contributed by atoms with van der Waals surface area (Å²) >= 11 is 0. The average Bonchev–Trinajstić information content (AvgIpc) is 2.48. The number of hydrogen-bond acceptors (Lipinski definition) is 3. The van der Waals surface area contributed by atoms with Gasteiger partial charge in [-0.2, -0.15) is 0 Å². The van der Waals surface area contributed by atoms with Crippen molar-refractivity contribution < 1.29 is 14.3 Å². The molecule has 0 aliphatic carbocycles. The summed E-state index contributed by atoms with van der Waals surface area (Å²) in [5.74, 6) is 5.70. The molecule has 0 radical (unpaired) electrons. The Morgan fingerprint density at radius 2 is 1.75 bits per heavy atom. The zero-order chi connectivity index (χ0) is 14.4. The molecule has 0 unspecified atom stereocenters. The maximum Gasteiger partial charge on any atom is 0.390 e. The van der Waals surface area contributed by atoms with Crippen molar-refractivity contribution in [2.45, 2.75) is 6.92 Å². The smallest absolute Gasteiger partial charge is 0.390 e. The van der Waals surface area contributed by atoms with Gasteiger partial charge in [0.05, 0.1) is 12.7 Å². The third-order valence-electron chi connectivity index (χ3n) is 2.64. The molecule has 0 heterocycles. The van der Waals surface area contributed by atoms with Crippen LogP contribution in [0.15, 0.2) is 48.5 Å². The molecule has 2 aromatic carbocycles. The van der Waals surface area contributed by atoms with E-state index in [0.29, 0.717) is 17.1 Å². The van der Waals surface area contributed by atoms with Crippen LogP contribution in [0, 0.1) is 18.8 Å². The van der Waals surface area contributed by atoms with Crippen LogP contribution in [-0.4, -0.2) is 13.1 Å². The van der Waals surface area contributed by atoms with E-state index >= 15 is 0 Å². The van der Waals surface area contributed by atoms with E-state index in [4.69, 9.17) is 9.47 Å². The molecule has 0 aliphatic rings. The van der Waals surface area contributed by atoms with Crippen LogP contribution in [0.2, 0.25) is 0 Å². The Hall–Kier alpha value is -2.73. The Labute approximate surface area is 118 Å². The molecule has 0 amide bonds. The van der Waals surface area contributed by atoms with E-state index in [1.54, 1.807) is 31.4 Å². The highest BCUT2D eigenvalue weighted by atomic mass is 16.5. The lowest BCUT2D eigenvalue weighted by Gasteiger charge is -2.01. The van der Waals surface area contributed by atoms with Crippen LogP contribution in [0.3, 0.4) is 0 Å². The van der Waals surface area contributed by atoms with Gasteiger partial charge in [0, 0.05) is 5.92 Å². The molecule has 0 aliphatic heterocycles. The van der Waals surface area contributed by atoms with E-state index in [1.165, 1.54) is 0 Å². The van der Waals surface area contributed by atoms with Gasteiger partial charge in [-0.3, -0.25) is 0 Å². The van der Waals surface area contributed by atoms with Crippen LogP contribution in [-0.2, 0) is 4.79 Å². The fraction of sp³-hybridized carbons (Fsp3) is 0.118. The Morgan fingerprint density at radius 3 is 2.45 bits per heavy atom. The van der Waals surface area contributed by atoms with E-state index in [-0.39, 0.29) is 0 Å². The summed E-state index contributed by atoms with van der Waals surface area (Å²) in [6, 6.07) is 14.5. The molecule has 3 nitrogen and oxygen atoms in total. The van der Waals surface area contributed by atoms with Crippen LogP contribution in [0.5, 0.6) is 11.5 Å². The standard InChI is InChI=1S/C17H14O3/c1-13-7-10-15(11-8-13)20-17(18)12-9-14-5-3-4-6-16(14)19-2/h3-8,10-11H,1-2H3. The van der Waals surface area contributed by atoms with E-state index < -0.39 is 5.97 Å². The quantitative estimate of drug-likeness (QED) is 0.476. The molecule has 2 rings (SSSR count). The van der Waals surface area contributed by atoms with E-state index in [1.807, 2.05) is 31.2 Å². The van der Waals surface area contributed by atoms with Crippen molar-refractivity contribution in [1.29, 1.82) is 0 Å². The third kappa shape index (κ3) is 3.63. The molecule has 3 heteroatoms. The summed E-state index contributed by atoms with van der Waals surface area (Å²) in [6.45, 7) is 1.97. The van der Waals surface area contributed by atoms with Crippen LogP contribution in [0.4, 0.5) is 0 Å². The van der Waals surface area contributed by atoms with Gasteiger partial charge in [0.1, 0.15) is 11.5 Å². The summed E-state index contributed by atoms with van der Waals surface area (Å²) in [7, 11) is 1.56. The molecular weight excluding hydrogens is 252 g/mol. The minimum absolute atomic E-state index is 0.481. The van der Waals surface area contributed by atoms with Gasteiger partial charge >= 0.3 is 5.97 Å². The maximum atomic E-state index is 11.6. The summed E-state index contributed by atoms with van der Waals surface area (Å²) < 4.78 is 10.3. The van der Waals surface area contributed by atoms with Gasteiger partial charge in [-0.05, 0) is 31.2 Å². The largest absolute Gasteiger partial charge is 0.495 e. The second-order valence-electron chi connectivity index (χ2n) is 4.15. The maximum absolute atomic E-state index is 11.6. The zero-order valence-electron chi connectivity index (χ0n) is 11.3. The minimum Gasteiger partial charge on any atom is -0.495 e. The number of aryl methyl sites for hydroxylation is 1. The molecule has 0 aromatic heterocycles. The second-order valence-corrected chi connectivity index (χ2v) is 4.15. The second kappa shape index (κ2) is 6.44. The molecule has 0 N–H and O–H groups in total. The van der Waals surface area contributed by atoms with Crippen molar-refractivity contribution in [3.63, 3.8) is 0 Å². The van der Waals surface area contributed by atoms with E-state index in [0.717, 1.165) is 5.56 Å². The summed E-state index contributed by atoms with van der Waals surface area (Å²) in [5.41, 5.74) is 1.75. The van der Waals surface area contributed by atoms with Gasteiger partial charge in [-0.1, -0.05) is 35.7 Å². The van der Waals surface area contributed by atoms with Crippen molar-refractivity contribution in [3.05, 3.63) is 59.7 Å². The van der Waals surface area contributed by atoms with Gasteiger partial charge in [0.15, 0.2) is 0 Å². The predicted octanol–water partition coefficient (Wildman–Crippen LogP) is 2.96. The lowest BCUT2D eigenvalue weighted by Crippen LogP contribution is -2.04. The highest BCUT2D eigenvalue weighted by Crippen LogP contribution is 2.15. The fourth-order valence-electron chi connectivity index (χ4n) is 1.61. The van der Waals surface area contributed by atoms with Crippen LogP contribution in [0.1, 0.15) is 11.1 Å². The van der Waals surface area contributed by atoms with E-state index in [9.17, 15) is 4.79 Å². The molecule has 0 bridgehead atoms. The Bertz CT molecular complexity index is 661. The summed E-state index contributed by atoms with van der Waals surface area (Å²) in [6.07, 6.45) is 0. The molecular formula is C17H14O3. The number of benzene rings is 2. The Kier molecular flexibility index (Phi) is 4.41. The molecule has 100 valence electrons. The highest BCUT2D eigenvalue weighted by molar-refractivity contribution is 5.91. The average molecular weight is 266 g/mol. The predicted molar refractivity (Wildman–Crippen MR) is 76.7 cm³/mol. The third-order valence-corrected chi connectivity index (χ3v) is 2.64. The van der Waals surface area contributed by atoms with Crippen LogP contribution in [0.25, 0.3) is 0 Å². The van der Waals surface area contributed by atoms with Crippen molar-refractivity contribution in [1.82, 2.24) is 0 Å². The first kappa shape index (κ1) is 13.7. The van der Waals surface area contributed by atoms with Gasteiger partial charge in [0.2, 0.25) is 0 Å². The number of ether oxygens (including phenoxy) is 2. The lowest BCUT2D eigenvalue weighted by molar-refractivity contribution is -0.128. The first-order valence-corrected chi connectivity index (χ1v) is 6.12. The molecule has 0 spiro atoms. The van der Waals surface area contributed by atoms with Gasteiger partial charge in [-0.25, -0.2) is 4.79 Å². The molecule has 0 fully saturated rings. The number of rotatable bonds is 2. The number of esters is 1. The molecule has 0 saturated heterocycles. The minimum atomic E-state index is -0.597. The molecule has 0 saturated carbocycles. The normalized spacial score (nSPS) is 9.30. The van der Waals surface area contributed by atoms with Crippen molar-refractivity contribution in [2.24, 2.45) is 0 Å². The topological polar surface area (TPSA) is 35.5 Å². The van der Waals surface area contributed by atoms with E-state index in [2.05, 4.69) is 11.8 Å². The van der Waals surface area contributed by atoms with Crippen LogP contribution < -0.4 is 9.47 Å². The Morgan fingerprint density at radius 1 is 1.05 bits per heavy atom. The SMILES string of the molecule is COc1ccccc1C#CC(=O)Oc1ccc(C)cc1. The summed E-state index contributed by atoms with van der Waals surface area (Å²) in [5, 5.41) is 0. The van der Waals surface area contributed by atoms with Gasteiger partial charge in [0.25, 0.3) is 0 Å². The Balaban J connectivity index is 2.08. The molecule has 0 atom stereocenters. The number of hydrogen-bond donors (Lipinski definition) is 0. The zero-order valence-corrected chi connectivity index (χ0v) is 11.3. The molecule has 2 aromatic rings. The van der Waals surface area contributed by atoms with Crippen molar-refractivity contribution in [2.75, 3.05) is 7.11 Å². The summed E-state index contributed by atoms with van der Waals surface area (Å²) in [4.78, 5) is 11.6. The van der Waals surface area contributed by atoms with Crippen molar-refractivity contribution >= 4 is 5.97 Å². The monoisotopic (exact) mass is 266 g/mol. The van der Waals surface area contributed by atoms with Crippen LogP contribution >= 0.6 is 0 Å².